The summed E-state index contributed by atoms with van der Waals surface area (Å²) in [4.78, 5) is 27.7. The molecule has 0 unspecified atom stereocenters. The molecule has 3 aromatic rings. The Labute approximate surface area is 216 Å². The molecule has 0 aliphatic carbocycles. The van der Waals surface area contributed by atoms with Gasteiger partial charge in [-0.2, -0.15) is 5.10 Å². The van der Waals surface area contributed by atoms with Crippen LogP contribution in [0.2, 0.25) is 0 Å². The third-order valence-electron chi connectivity index (χ3n) is 5.56. The highest BCUT2D eigenvalue weighted by Gasteiger charge is 2.16. The van der Waals surface area contributed by atoms with Crippen LogP contribution in [0.5, 0.6) is 5.75 Å². The first kappa shape index (κ1) is 27.1. The van der Waals surface area contributed by atoms with Crippen molar-refractivity contribution in [3.63, 3.8) is 0 Å². The Balaban J connectivity index is 1.86. The molecule has 0 saturated heterocycles. The standard InChI is InChI=1S/C29H31FN4O3/c1-29(2,3)22-11-14-26(35)21(16-22)18-31-33-28(37)25(15-19-9-12-24(13-10-19)34(4)5)32-27(36)20-7-6-8-23(30)17-20/h6-18,35H,1-5H3,(H,32,36)(H,33,37)/b25-15-,31-18-. The first-order valence-corrected chi connectivity index (χ1v) is 11.7. The average Bonchev–Trinajstić information content (AvgIpc) is 2.84. The monoisotopic (exact) mass is 502 g/mol. The van der Waals surface area contributed by atoms with Crippen LogP contribution in [0.3, 0.4) is 0 Å². The Morgan fingerprint density at radius 3 is 2.32 bits per heavy atom. The lowest BCUT2D eigenvalue weighted by Crippen LogP contribution is -2.32. The topological polar surface area (TPSA) is 94.0 Å². The van der Waals surface area contributed by atoms with E-state index in [1.807, 2.05) is 58.0 Å². The molecule has 192 valence electrons. The number of hydrazone groups is 1. The van der Waals surface area contributed by atoms with Crippen molar-refractivity contribution in [2.75, 3.05) is 19.0 Å². The van der Waals surface area contributed by atoms with Crippen LogP contribution >= 0.6 is 0 Å². The van der Waals surface area contributed by atoms with Crippen molar-refractivity contribution in [1.82, 2.24) is 10.7 Å². The maximum Gasteiger partial charge on any atom is 0.287 e. The highest BCUT2D eigenvalue weighted by atomic mass is 19.1. The quantitative estimate of drug-likeness (QED) is 0.245. The number of phenols is 1. The first-order valence-electron chi connectivity index (χ1n) is 11.7. The molecule has 0 bridgehead atoms. The SMILES string of the molecule is CN(C)c1ccc(/C=C(\NC(=O)c2cccc(F)c2)C(=O)N/N=C\c2cc(C(C)(C)C)ccc2O)cc1. The molecule has 0 saturated carbocycles. The number of nitrogens with zero attached hydrogens (tertiary/aromatic N) is 2. The molecule has 0 fully saturated rings. The summed E-state index contributed by atoms with van der Waals surface area (Å²) in [7, 11) is 3.83. The number of anilines is 1. The zero-order valence-corrected chi connectivity index (χ0v) is 21.5. The molecule has 0 radical (unpaired) electrons. The van der Waals surface area contributed by atoms with Crippen molar-refractivity contribution in [1.29, 1.82) is 0 Å². The second-order valence-electron chi connectivity index (χ2n) is 9.73. The molecular formula is C29H31FN4O3. The fourth-order valence-corrected chi connectivity index (χ4v) is 3.36. The van der Waals surface area contributed by atoms with E-state index in [2.05, 4.69) is 15.8 Å². The van der Waals surface area contributed by atoms with Gasteiger partial charge >= 0.3 is 0 Å². The third kappa shape index (κ3) is 7.51. The fourth-order valence-electron chi connectivity index (χ4n) is 3.36. The molecule has 3 aromatic carbocycles. The van der Waals surface area contributed by atoms with Crippen molar-refractivity contribution >= 4 is 29.8 Å². The van der Waals surface area contributed by atoms with E-state index in [9.17, 15) is 19.1 Å². The average molecular weight is 503 g/mol. The molecule has 0 atom stereocenters. The summed E-state index contributed by atoms with van der Waals surface area (Å²) in [5.41, 5.74) is 5.27. The summed E-state index contributed by atoms with van der Waals surface area (Å²) in [6.07, 6.45) is 2.83. The Hall–Kier alpha value is -4.46. The molecule has 0 heterocycles. The Bertz CT molecular complexity index is 1340. The molecule has 7 nitrogen and oxygen atoms in total. The van der Waals surface area contributed by atoms with Gasteiger partial charge in [0.1, 0.15) is 17.3 Å². The number of hydrogen-bond donors (Lipinski definition) is 3. The van der Waals surface area contributed by atoms with Gasteiger partial charge in [-0.15, -0.1) is 0 Å². The van der Waals surface area contributed by atoms with E-state index >= 15 is 0 Å². The van der Waals surface area contributed by atoms with Crippen LogP contribution in [-0.2, 0) is 10.2 Å². The van der Waals surface area contributed by atoms with Gasteiger partial charge in [-0.3, -0.25) is 9.59 Å². The number of rotatable bonds is 7. The molecule has 3 N–H and O–H groups in total. The van der Waals surface area contributed by atoms with E-state index in [0.717, 1.165) is 17.3 Å². The maximum atomic E-state index is 13.6. The molecule has 0 aliphatic heterocycles. The van der Waals surface area contributed by atoms with Crippen molar-refractivity contribution in [2.45, 2.75) is 26.2 Å². The summed E-state index contributed by atoms with van der Waals surface area (Å²) >= 11 is 0. The number of hydrogen-bond acceptors (Lipinski definition) is 5. The van der Waals surface area contributed by atoms with Crippen LogP contribution in [-0.4, -0.2) is 37.2 Å². The molecule has 3 rings (SSSR count). The predicted octanol–water partition coefficient (Wildman–Crippen LogP) is 4.82. The number of amides is 2. The Kier molecular flexibility index (Phi) is 8.45. The number of benzene rings is 3. The lowest BCUT2D eigenvalue weighted by atomic mass is 9.86. The number of carbonyl (C=O) groups is 2. The Morgan fingerprint density at radius 2 is 1.70 bits per heavy atom. The summed E-state index contributed by atoms with van der Waals surface area (Å²) < 4.78 is 13.6. The Morgan fingerprint density at radius 1 is 1.00 bits per heavy atom. The number of nitrogens with one attached hydrogen (secondary N) is 2. The van der Waals surface area contributed by atoms with Crippen LogP contribution in [0, 0.1) is 5.82 Å². The summed E-state index contributed by atoms with van der Waals surface area (Å²) in [5, 5.41) is 16.7. The second-order valence-corrected chi connectivity index (χ2v) is 9.73. The molecular weight excluding hydrogens is 471 g/mol. The molecule has 2 amide bonds. The first-order chi connectivity index (χ1) is 17.4. The normalized spacial score (nSPS) is 11.9. The van der Waals surface area contributed by atoms with E-state index in [4.69, 9.17) is 0 Å². The molecule has 0 spiro atoms. The van der Waals surface area contributed by atoms with Gasteiger partial charge in [0, 0.05) is 30.9 Å². The van der Waals surface area contributed by atoms with Crippen molar-refractivity contribution in [3.05, 3.63) is 100 Å². The van der Waals surface area contributed by atoms with Crippen LogP contribution in [0.4, 0.5) is 10.1 Å². The molecule has 8 heteroatoms. The van der Waals surface area contributed by atoms with Gasteiger partial charge in [0.2, 0.25) is 0 Å². The second kappa shape index (κ2) is 11.5. The van der Waals surface area contributed by atoms with Crippen molar-refractivity contribution in [3.8, 4) is 5.75 Å². The van der Waals surface area contributed by atoms with Crippen LogP contribution in [0.25, 0.3) is 6.08 Å². The smallest absolute Gasteiger partial charge is 0.287 e. The van der Waals surface area contributed by atoms with E-state index in [-0.39, 0.29) is 22.4 Å². The minimum Gasteiger partial charge on any atom is -0.507 e. The van der Waals surface area contributed by atoms with Gasteiger partial charge in [0.15, 0.2) is 0 Å². The van der Waals surface area contributed by atoms with Crippen LogP contribution in [0.15, 0.2) is 77.5 Å². The zero-order valence-electron chi connectivity index (χ0n) is 21.5. The zero-order chi connectivity index (χ0) is 27.2. The summed E-state index contributed by atoms with van der Waals surface area (Å²) in [6.45, 7) is 6.14. The highest BCUT2D eigenvalue weighted by molar-refractivity contribution is 6.05. The van der Waals surface area contributed by atoms with Crippen molar-refractivity contribution in [2.24, 2.45) is 5.10 Å². The molecule has 37 heavy (non-hydrogen) atoms. The number of phenolic OH excluding ortho intramolecular Hbond substituents is 1. The van der Waals surface area contributed by atoms with Gasteiger partial charge in [-0.25, -0.2) is 9.82 Å². The molecule has 0 aliphatic rings. The van der Waals surface area contributed by atoms with E-state index in [0.29, 0.717) is 11.1 Å². The van der Waals surface area contributed by atoms with Gasteiger partial charge in [-0.1, -0.05) is 45.0 Å². The van der Waals surface area contributed by atoms with E-state index < -0.39 is 17.6 Å². The van der Waals surface area contributed by atoms with Crippen molar-refractivity contribution < 1.29 is 19.1 Å². The van der Waals surface area contributed by atoms with E-state index in [1.54, 1.807) is 24.3 Å². The number of halogens is 1. The number of aromatic hydroxyl groups is 1. The summed E-state index contributed by atoms with van der Waals surface area (Å²) in [6, 6.07) is 17.7. The van der Waals surface area contributed by atoms with Gasteiger partial charge in [0.05, 0.1) is 6.21 Å². The van der Waals surface area contributed by atoms with Gasteiger partial charge in [0.25, 0.3) is 11.8 Å². The lowest BCUT2D eigenvalue weighted by molar-refractivity contribution is -0.117. The molecule has 0 aromatic heterocycles. The lowest BCUT2D eigenvalue weighted by Gasteiger charge is -2.19. The largest absolute Gasteiger partial charge is 0.507 e. The van der Waals surface area contributed by atoms with Crippen LogP contribution in [0.1, 0.15) is 47.8 Å². The van der Waals surface area contributed by atoms with Crippen LogP contribution < -0.4 is 15.6 Å². The van der Waals surface area contributed by atoms with E-state index in [1.165, 1.54) is 30.5 Å². The fraction of sp³-hybridized carbons (Fsp3) is 0.207. The minimum atomic E-state index is -0.691. The predicted molar refractivity (Wildman–Crippen MR) is 145 cm³/mol. The summed E-state index contributed by atoms with van der Waals surface area (Å²) in [5.74, 6) is -1.89. The number of carbonyl (C=O) groups excluding carboxylic acids is 2. The van der Waals surface area contributed by atoms with Gasteiger partial charge < -0.3 is 15.3 Å². The minimum absolute atomic E-state index is 0.0159. The highest BCUT2D eigenvalue weighted by Crippen LogP contribution is 2.26. The third-order valence-corrected chi connectivity index (χ3v) is 5.56. The maximum absolute atomic E-state index is 13.6. The van der Waals surface area contributed by atoms with Gasteiger partial charge in [-0.05, 0) is 65.1 Å².